The second-order valence-corrected chi connectivity index (χ2v) is 9.53. The topological polar surface area (TPSA) is 92.6 Å². The van der Waals surface area contributed by atoms with Crippen LogP contribution in [0.1, 0.15) is 82.6 Å². The summed E-state index contributed by atoms with van der Waals surface area (Å²) >= 11 is 5.16. The number of aliphatic hydroxyl groups is 1. The molecule has 7 nitrogen and oxygen atoms in total. The third kappa shape index (κ3) is 12.7. The minimum Gasteiger partial charge on any atom is -0.388 e. The quantitative estimate of drug-likeness (QED) is 0.0534. The molecule has 0 fully saturated rings. The van der Waals surface area contributed by atoms with E-state index in [0.29, 0.717) is 10.8 Å². The largest absolute Gasteiger partial charge is 0.388 e. The molecule has 0 aliphatic heterocycles. The number of hydrazine groups is 1. The van der Waals surface area contributed by atoms with Crippen LogP contribution in [0.4, 0.5) is 5.69 Å². The number of aliphatic hydroxyl groups excluding tert-OH is 1. The van der Waals surface area contributed by atoms with E-state index in [2.05, 4.69) is 48.3 Å². The van der Waals surface area contributed by atoms with Gasteiger partial charge in [0.15, 0.2) is 5.11 Å². The highest BCUT2D eigenvalue weighted by molar-refractivity contribution is 7.80. The van der Waals surface area contributed by atoms with Crippen molar-refractivity contribution in [2.24, 2.45) is 5.92 Å². The molecule has 0 saturated heterocycles. The zero-order chi connectivity index (χ0) is 29.0. The second-order valence-electron chi connectivity index (χ2n) is 9.12. The van der Waals surface area contributed by atoms with E-state index in [0.717, 1.165) is 61.0 Å². The number of nitrogens with zero attached hydrogens (tertiary/aromatic N) is 1. The Morgan fingerprint density at radius 1 is 1.13 bits per heavy atom. The fourth-order valence-corrected chi connectivity index (χ4v) is 4.09. The lowest BCUT2D eigenvalue weighted by atomic mass is 9.86. The van der Waals surface area contributed by atoms with Gasteiger partial charge >= 0.3 is 0 Å². The lowest BCUT2D eigenvalue weighted by Crippen LogP contribution is -2.42. The first kappa shape index (κ1) is 34.2. The molecule has 0 bridgehead atoms. The maximum absolute atomic E-state index is 9.33. The highest BCUT2D eigenvalue weighted by Gasteiger charge is 2.21. The molecule has 0 radical (unpaired) electrons. The van der Waals surface area contributed by atoms with Crippen LogP contribution in [0.3, 0.4) is 0 Å². The Hall–Kier alpha value is -2.78. The molecule has 0 heterocycles. The predicted octanol–water partition coefficient (Wildman–Crippen LogP) is 6.58. The van der Waals surface area contributed by atoms with Crippen molar-refractivity contribution in [3.63, 3.8) is 0 Å². The van der Waals surface area contributed by atoms with Crippen molar-refractivity contribution < 1.29 is 9.94 Å². The van der Waals surface area contributed by atoms with Gasteiger partial charge < -0.3 is 21.1 Å². The zero-order valence-electron chi connectivity index (χ0n) is 24.6. The van der Waals surface area contributed by atoms with Crippen LogP contribution >= 0.6 is 12.2 Å². The van der Waals surface area contributed by atoms with Gasteiger partial charge in [0.05, 0.1) is 11.8 Å². The summed E-state index contributed by atoms with van der Waals surface area (Å²) in [5, 5.41) is 26.5. The number of rotatable bonds is 11. The molecule has 2 unspecified atom stereocenters. The van der Waals surface area contributed by atoms with E-state index in [1.807, 2.05) is 70.3 Å². The van der Waals surface area contributed by atoms with Gasteiger partial charge in [-0.1, -0.05) is 81.8 Å². The third-order valence-electron chi connectivity index (χ3n) is 6.09. The molecule has 216 valence electrons. The third-order valence-corrected chi connectivity index (χ3v) is 6.38. The number of hydrogen-bond acceptors (Lipinski definition) is 6. The maximum Gasteiger partial charge on any atom is 0.168 e. The van der Waals surface area contributed by atoms with Crippen molar-refractivity contribution >= 4 is 28.7 Å². The average Bonchev–Trinajstić information content (AvgIpc) is 2.99. The van der Waals surface area contributed by atoms with Gasteiger partial charge in [-0.05, 0) is 68.9 Å². The first-order valence-corrected chi connectivity index (χ1v) is 14.5. The standard InChI is InChI=1S/C20H31N5OS.C9H12O.C2H6/c1-4-12-22-20(27)23-14-26-24-25(3)18-11-10-15(2)13-17(18)19(21)16-8-6-5-7-9-16;1-2-9(10)8-6-4-3-5-7-8;1-2/h5-6,10-11,13,16,21,24H,4,7-9,12,14H2,1-3H3,(H2,22,23,27);3-7,9-10H,2H2,1H3;1-2H3. The number of anilines is 1. The summed E-state index contributed by atoms with van der Waals surface area (Å²) in [5.41, 5.74) is 7.61. The van der Waals surface area contributed by atoms with Gasteiger partial charge in [-0.25, -0.2) is 0 Å². The molecular weight excluding hydrogens is 506 g/mol. The summed E-state index contributed by atoms with van der Waals surface area (Å²) < 4.78 is 0. The summed E-state index contributed by atoms with van der Waals surface area (Å²) in [6.07, 6.45) is 8.91. The Morgan fingerprint density at radius 3 is 2.46 bits per heavy atom. The highest BCUT2D eigenvalue weighted by Crippen LogP contribution is 2.28. The maximum atomic E-state index is 9.33. The van der Waals surface area contributed by atoms with E-state index in [4.69, 9.17) is 22.5 Å². The summed E-state index contributed by atoms with van der Waals surface area (Å²) in [6, 6.07) is 15.9. The van der Waals surface area contributed by atoms with Crippen molar-refractivity contribution in [1.29, 1.82) is 5.41 Å². The molecule has 0 aromatic heterocycles. The number of benzene rings is 2. The monoisotopic (exact) mass is 555 g/mol. The van der Waals surface area contributed by atoms with Gasteiger partial charge in [0.1, 0.15) is 6.73 Å². The Labute approximate surface area is 241 Å². The lowest BCUT2D eigenvalue weighted by molar-refractivity contribution is 0.0330. The molecule has 0 spiro atoms. The van der Waals surface area contributed by atoms with E-state index in [-0.39, 0.29) is 18.8 Å². The van der Waals surface area contributed by atoms with Gasteiger partial charge in [-0.2, -0.15) is 0 Å². The normalized spacial score (nSPS) is 14.6. The molecule has 0 saturated carbocycles. The zero-order valence-corrected chi connectivity index (χ0v) is 25.4. The molecule has 2 aromatic carbocycles. The van der Waals surface area contributed by atoms with Crippen LogP contribution in [0.5, 0.6) is 0 Å². The Morgan fingerprint density at radius 2 is 1.85 bits per heavy atom. The molecule has 1 aliphatic carbocycles. The minimum atomic E-state index is -0.291. The fraction of sp³-hybridized carbons (Fsp3) is 0.484. The van der Waals surface area contributed by atoms with E-state index in [9.17, 15) is 5.11 Å². The van der Waals surface area contributed by atoms with E-state index in [1.54, 1.807) is 5.01 Å². The number of thiocarbonyl (C=S) groups is 1. The SMILES string of the molecule is CC.CCC(O)c1ccccc1.CCCNC(=S)NCONN(C)c1ccc(C)cc1C(=N)C1CC=CCC1. The number of hydrogen-bond donors (Lipinski definition) is 5. The van der Waals surface area contributed by atoms with Crippen LogP contribution in [0.25, 0.3) is 0 Å². The van der Waals surface area contributed by atoms with Crippen molar-refractivity contribution in [2.45, 2.75) is 72.8 Å². The minimum absolute atomic E-state index is 0.242. The van der Waals surface area contributed by atoms with Crippen molar-refractivity contribution in [3.05, 3.63) is 77.4 Å². The van der Waals surface area contributed by atoms with Crippen LogP contribution in [0.2, 0.25) is 0 Å². The van der Waals surface area contributed by atoms with Gasteiger partial charge in [0.25, 0.3) is 0 Å². The van der Waals surface area contributed by atoms with Crippen molar-refractivity contribution in [1.82, 2.24) is 16.2 Å². The number of aryl methyl sites for hydroxylation is 1. The summed E-state index contributed by atoms with van der Waals surface area (Å²) in [6.45, 7) is 11.2. The van der Waals surface area contributed by atoms with E-state index >= 15 is 0 Å². The number of allylic oxidation sites excluding steroid dienone is 2. The molecule has 1 aliphatic rings. The van der Waals surface area contributed by atoms with Crippen molar-refractivity contribution in [3.8, 4) is 0 Å². The summed E-state index contributed by atoms with van der Waals surface area (Å²) in [5.74, 6) is 0.272. The van der Waals surface area contributed by atoms with Gasteiger partial charge in [0, 0.05) is 30.8 Å². The molecule has 2 aromatic rings. The van der Waals surface area contributed by atoms with Crippen molar-refractivity contribution in [2.75, 3.05) is 25.3 Å². The Kier molecular flexibility index (Phi) is 17.7. The van der Waals surface area contributed by atoms with Gasteiger partial charge in [0.2, 0.25) is 0 Å². The second kappa shape index (κ2) is 20.2. The molecule has 2 atom stereocenters. The lowest BCUT2D eigenvalue weighted by Gasteiger charge is -2.26. The van der Waals surface area contributed by atoms with Crippen LogP contribution in [-0.2, 0) is 4.84 Å². The first-order chi connectivity index (χ1) is 18.9. The molecule has 3 rings (SSSR count). The van der Waals surface area contributed by atoms with Crippen LogP contribution in [0, 0.1) is 18.3 Å². The van der Waals surface area contributed by atoms with E-state index in [1.165, 1.54) is 0 Å². The van der Waals surface area contributed by atoms with E-state index < -0.39 is 0 Å². The molecule has 8 heteroatoms. The summed E-state index contributed by atoms with van der Waals surface area (Å²) in [7, 11) is 1.88. The summed E-state index contributed by atoms with van der Waals surface area (Å²) in [4.78, 5) is 5.47. The Balaban J connectivity index is 0.000000528. The molecule has 39 heavy (non-hydrogen) atoms. The Bertz CT molecular complexity index is 1000. The average molecular weight is 556 g/mol. The molecule has 5 N–H and O–H groups in total. The van der Waals surface area contributed by atoms with Gasteiger partial charge in [-0.3, -0.25) is 9.85 Å². The number of nitrogens with one attached hydrogen (secondary N) is 4. The van der Waals surface area contributed by atoms with Crippen LogP contribution in [0.15, 0.2) is 60.7 Å². The highest BCUT2D eigenvalue weighted by atomic mass is 32.1. The smallest absolute Gasteiger partial charge is 0.168 e. The predicted molar refractivity (Wildman–Crippen MR) is 169 cm³/mol. The van der Waals surface area contributed by atoms with Crippen LogP contribution < -0.4 is 21.2 Å². The van der Waals surface area contributed by atoms with Gasteiger partial charge in [-0.15, -0.1) is 5.59 Å². The fourth-order valence-electron chi connectivity index (χ4n) is 3.93. The molecular formula is C31H49N5O2S. The van der Waals surface area contributed by atoms with Crippen LogP contribution in [-0.4, -0.2) is 36.3 Å². The molecule has 0 amide bonds. The first-order valence-electron chi connectivity index (χ1n) is 14.1.